The molecule has 0 spiro atoms. The second kappa shape index (κ2) is 10.1. The van der Waals surface area contributed by atoms with Crippen molar-refractivity contribution < 1.29 is 18.0 Å². The van der Waals surface area contributed by atoms with Gasteiger partial charge in [-0.2, -0.15) is 13.2 Å². The highest BCUT2D eigenvalue weighted by Crippen LogP contribution is 2.35. The Balaban J connectivity index is 1.24. The number of benzene rings is 1. The Kier molecular flexibility index (Phi) is 6.85. The number of fused-ring (bicyclic) bond motifs is 1. The molecule has 0 unspecified atom stereocenters. The molecule has 3 heterocycles. The molecule has 0 saturated heterocycles. The largest absolute Gasteiger partial charge is 0.433 e. The van der Waals surface area contributed by atoms with Crippen molar-refractivity contribution in [1.82, 2.24) is 15.3 Å². The van der Waals surface area contributed by atoms with Crippen molar-refractivity contribution >= 4 is 45.4 Å². The molecular weight excluding hydrogens is 509 g/mol. The highest BCUT2D eigenvalue weighted by Gasteiger charge is 2.34. The standard InChI is InChI=1S/C26H22ClF3N4OS/c27-17-3-8-21-20(11-17)22(12-24(34-21)26(28,29)30)32-18-4-6-19(7-5-18)33-25(35)16-10-15(13-31-14-16)23-2-1-9-36-23/h1-3,8-14,18-19H,4-7H2,(H,32,34)(H,33,35)/t18-,19+. The maximum absolute atomic E-state index is 13.4. The van der Waals surface area contributed by atoms with Gasteiger partial charge in [-0.3, -0.25) is 9.78 Å². The second-order valence-electron chi connectivity index (χ2n) is 8.82. The quantitative estimate of drug-likeness (QED) is 0.287. The van der Waals surface area contributed by atoms with Crippen LogP contribution in [-0.2, 0) is 6.18 Å². The Morgan fingerprint density at radius 2 is 1.81 bits per heavy atom. The lowest BCUT2D eigenvalue weighted by molar-refractivity contribution is -0.140. The molecule has 10 heteroatoms. The van der Waals surface area contributed by atoms with Crippen molar-refractivity contribution in [3.8, 4) is 10.4 Å². The van der Waals surface area contributed by atoms with Gasteiger partial charge in [0.2, 0.25) is 0 Å². The van der Waals surface area contributed by atoms with Gasteiger partial charge in [-0.15, -0.1) is 11.3 Å². The van der Waals surface area contributed by atoms with Crippen LogP contribution < -0.4 is 10.6 Å². The topological polar surface area (TPSA) is 66.9 Å². The van der Waals surface area contributed by atoms with E-state index in [0.29, 0.717) is 47.3 Å². The van der Waals surface area contributed by atoms with Crippen molar-refractivity contribution in [2.75, 3.05) is 5.32 Å². The molecule has 1 aromatic carbocycles. The van der Waals surface area contributed by atoms with Gasteiger partial charge in [0.25, 0.3) is 5.91 Å². The summed E-state index contributed by atoms with van der Waals surface area (Å²) in [6, 6.07) is 11.4. The zero-order valence-electron chi connectivity index (χ0n) is 19.0. The zero-order chi connectivity index (χ0) is 25.3. The van der Waals surface area contributed by atoms with Crippen LogP contribution in [0.3, 0.4) is 0 Å². The summed E-state index contributed by atoms with van der Waals surface area (Å²) < 4.78 is 40.2. The molecule has 0 radical (unpaired) electrons. The Labute approximate surface area is 214 Å². The Morgan fingerprint density at radius 3 is 2.53 bits per heavy atom. The number of carbonyl (C=O) groups is 1. The maximum Gasteiger partial charge on any atom is 0.433 e. The van der Waals surface area contributed by atoms with Crippen LogP contribution in [0.4, 0.5) is 18.9 Å². The summed E-state index contributed by atoms with van der Waals surface area (Å²) in [5.74, 6) is -0.179. The summed E-state index contributed by atoms with van der Waals surface area (Å²) in [5, 5.41) is 9.30. The van der Waals surface area contributed by atoms with Crippen LogP contribution in [0, 0.1) is 0 Å². The van der Waals surface area contributed by atoms with Crippen LogP contribution in [-0.4, -0.2) is 28.0 Å². The average molecular weight is 531 g/mol. The van der Waals surface area contributed by atoms with Crippen molar-refractivity contribution in [2.45, 2.75) is 43.9 Å². The SMILES string of the molecule is O=C(N[C@H]1CC[C@@H](Nc2cc(C(F)(F)F)nc3ccc(Cl)cc23)CC1)c1cncc(-c2cccs2)c1. The fourth-order valence-corrected chi connectivity index (χ4v) is 5.36. The zero-order valence-corrected chi connectivity index (χ0v) is 20.6. The monoisotopic (exact) mass is 530 g/mol. The molecule has 1 aliphatic rings. The molecule has 2 N–H and O–H groups in total. The van der Waals surface area contributed by atoms with E-state index in [2.05, 4.69) is 20.6 Å². The number of halogens is 4. The molecule has 1 saturated carbocycles. The summed E-state index contributed by atoms with van der Waals surface area (Å²) in [4.78, 5) is 21.8. The molecule has 1 amide bonds. The Bertz CT molecular complexity index is 1390. The number of thiophene rings is 1. The average Bonchev–Trinajstić information content (AvgIpc) is 3.40. The number of nitrogens with zero attached hydrogens (tertiary/aromatic N) is 2. The minimum absolute atomic E-state index is 0.0182. The van der Waals surface area contributed by atoms with Crippen molar-refractivity contribution in [1.29, 1.82) is 0 Å². The molecule has 186 valence electrons. The van der Waals surface area contributed by atoms with E-state index in [-0.39, 0.29) is 23.5 Å². The third-order valence-electron chi connectivity index (χ3n) is 6.29. The molecule has 0 aliphatic heterocycles. The third kappa shape index (κ3) is 5.47. The highest BCUT2D eigenvalue weighted by molar-refractivity contribution is 7.13. The fraction of sp³-hybridized carbons (Fsp3) is 0.269. The first-order chi connectivity index (χ1) is 17.3. The van der Waals surface area contributed by atoms with Gasteiger partial charge >= 0.3 is 6.18 Å². The van der Waals surface area contributed by atoms with Crippen LogP contribution in [0.5, 0.6) is 0 Å². The highest BCUT2D eigenvalue weighted by atomic mass is 35.5. The summed E-state index contributed by atoms with van der Waals surface area (Å²) in [6.07, 6.45) is 1.54. The molecular formula is C26H22ClF3N4OS. The number of hydrogen-bond acceptors (Lipinski definition) is 5. The molecule has 0 bridgehead atoms. The van der Waals surface area contributed by atoms with Crippen molar-refractivity contribution in [3.63, 3.8) is 0 Å². The predicted molar refractivity (Wildman–Crippen MR) is 136 cm³/mol. The first-order valence-electron chi connectivity index (χ1n) is 11.5. The second-order valence-corrected chi connectivity index (χ2v) is 10.2. The summed E-state index contributed by atoms with van der Waals surface area (Å²) >= 11 is 7.68. The molecule has 36 heavy (non-hydrogen) atoms. The molecule has 3 aromatic heterocycles. The number of pyridine rings is 2. The van der Waals surface area contributed by atoms with Gasteiger partial charge in [-0.05, 0) is 67.5 Å². The van der Waals surface area contributed by atoms with Crippen molar-refractivity contribution in [3.05, 3.63) is 76.5 Å². The van der Waals surface area contributed by atoms with E-state index in [1.54, 1.807) is 29.8 Å². The number of rotatable bonds is 5. The molecule has 0 atom stereocenters. The van der Waals surface area contributed by atoms with Gasteiger partial charge in [-0.1, -0.05) is 17.7 Å². The van der Waals surface area contributed by atoms with Crippen molar-refractivity contribution in [2.24, 2.45) is 0 Å². The van der Waals surface area contributed by atoms with E-state index in [9.17, 15) is 18.0 Å². The van der Waals surface area contributed by atoms with Crippen LogP contribution in [0.25, 0.3) is 21.3 Å². The van der Waals surface area contributed by atoms with E-state index in [4.69, 9.17) is 11.6 Å². The molecule has 1 fully saturated rings. The minimum Gasteiger partial charge on any atom is -0.382 e. The normalized spacial score (nSPS) is 18.2. The lowest BCUT2D eigenvalue weighted by atomic mass is 9.90. The van der Waals surface area contributed by atoms with Crippen LogP contribution in [0.2, 0.25) is 5.02 Å². The molecule has 1 aliphatic carbocycles. The van der Waals surface area contributed by atoms with E-state index in [0.717, 1.165) is 16.5 Å². The van der Waals surface area contributed by atoms with Gasteiger partial charge in [0, 0.05) is 51.0 Å². The first-order valence-corrected chi connectivity index (χ1v) is 12.8. The van der Waals surface area contributed by atoms with Gasteiger partial charge in [0.05, 0.1) is 11.1 Å². The van der Waals surface area contributed by atoms with E-state index in [1.807, 2.05) is 23.6 Å². The Morgan fingerprint density at radius 1 is 1.03 bits per heavy atom. The smallest absolute Gasteiger partial charge is 0.382 e. The van der Waals surface area contributed by atoms with Gasteiger partial charge in [0.15, 0.2) is 0 Å². The van der Waals surface area contributed by atoms with E-state index < -0.39 is 11.9 Å². The number of carbonyl (C=O) groups excluding carboxylic acids is 1. The van der Waals surface area contributed by atoms with Crippen LogP contribution in [0.1, 0.15) is 41.7 Å². The number of amides is 1. The third-order valence-corrected chi connectivity index (χ3v) is 7.44. The summed E-state index contributed by atoms with van der Waals surface area (Å²) in [5.41, 5.74) is 1.04. The lowest BCUT2D eigenvalue weighted by Crippen LogP contribution is -2.40. The number of hydrogen-bond donors (Lipinski definition) is 2. The summed E-state index contributed by atoms with van der Waals surface area (Å²) in [6.45, 7) is 0. The van der Waals surface area contributed by atoms with E-state index in [1.165, 1.54) is 12.1 Å². The Hall–Kier alpha value is -3.17. The van der Waals surface area contributed by atoms with Crippen LogP contribution >= 0.6 is 22.9 Å². The minimum atomic E-state index is -4.55. The molecule has 5 nitrogen and oxygen atoms in total. The predicted octanol–water partition coefficient (Wildman–Crippen LogP) is 7.18. The van der Waals surface area contributed by atoms with E-state index >= 15 is 0 Å². The molecule has 5 rings (SSSR count). The molecule has 4 aromatic rings. The first kappa shape index (κ1) is 24.5. The van der Waals surface area contributed by atoms with Gasteiger partial charge in [0.1, 0.15) is 5.69 Å². The van der Waals surface area contributed by atoms with Gasteiger partial charge in [-0.25, -0.2) is 4.98 Å². The fourth-order valence-electron chi connectivity index (χ4n) is 4.48. The number of alkyl halides is 3. The van der Waals surface area contributed by atoms with Gasteiger partial charge < -0.3 is 10.6 Å². The number of anilines is 1. The lowest BCUT2D eigenvalue weighted by Gasteiger charge is -2.30. The summed E-state index contributed by atoms with van der Waals surface area (Å²) in [7, 11) is 0. The maximum atomic E-state index is 13.4. The van der Waals surface area contributed by atoms with Crippen LogP contribution in [0.15, 0.2) is 60.2 Å². The number of aromatic nitrogens is 2. The number of nitrogens with one attached hydrogen (secondary N) is 2.